The summed E-state index contributed by atoms with van der Waals surface area (Å²) < 4.78 is 20.8. The summed E-state index contributed by atoms with van der Waals surface area (Å²) in [7, 11) is 1.47. The lowest BCUT2D eigenvalue weighted by molar-refractivity contribution is 0.386. The van der Waals surface area contributed by atoms with Crippen LogP contribution in [0.5, 0.6) is 5.75 Å². The highest BCUT2D eigenvalue weighted by Gasteiger charge is 2.09. The molecule has 2 aromatic rings. The molecule has 0 aliphatic heterocycles. The van der Waals surface area contributed by atoms with Gasteiger partial charge in [0.2, 0.25) is 0 Å². The highest BCUT2D eigenvalue weighted by molar-refractivity contribution is 5.29. The summed E-state index contributed by atoms with van der Waals surface area (Å²) in [5, 5.41) is 3.37. The van der Waals surface area contributed by atoms with Gasteiger partial charge in [0.15, 0.2) is 11.6 Å². The molecule has 1 aromatic carbocycles. The van der Waals surface area contributed by atoms with E-state index in [2.05, 4.69) is 21.8 Å². The molecule has 1 aromatic heterocycles. The van der Waals surface area contributed by atoms with Crippen molar-refractivity contribution in [1.82, 2.24) is 14.9 Å². The van der Waals surface area contributed by atoms with Crippen LogP contribution < -0.4 is 10.1 Å². The highest BCUT2D eigenvalue weighted by Crippen LogP contribution is 2.19. The molecule has 4 nitrogen and oxygen atoms in total. The molecule has 0 radical (unpaired) electrons. The van der Waals surface area contributed by atoms with Crippen LogP contribution >= 0.6 is 0 Å². The summed E-state index contributed by atoms with van der Waals surface area (Å²) in [6, 6.07) is 5.05. The van der Waals surface area contributed by atoms with Crippen molar-refractivity contribution in [3.05, 3.63) is 47.3 Å². The summed E-state index contributed by atoms with van der Waals surface area (Å²) >= 11 is 0. The van der Waals surface area contributed by atoms with Crippen LogP contribution in [0, 0.1) is 12.7 Å². The number of rotatable bonds is 7. The minimum Gasteiger partial charge on any atom is -0.494 e. The largest absolute Gasteiger partial charge is 0.494 e. The topological polar surface area (TPSA) is 39.1 Å². The van der Waals surface area contributed by atoms with Crippen molar-refractivity contribution in [2.45, 2.75) is 33.4 Å². The zero-order valence-corrected chi connectivity index (χ0v) is 12.8. The van der Waals surface area contributed by atoms with Crippen LogP contribution in [0.2, 0.25) is 0 Å². The minimum atomic E-state index is -0.335. The van der Waals surface area contributed by atoms with Gasteiger partial charge in [0.25, 0.3) is 0 Å². The molecule has 2 rings (SSSR count). The van der Waals surface area contributed by atoms with Gasteiger partial charge in [-0.2, -0.15) is 0 Å². The molecule has 0 aliphatic carbocycles. The van der Waals surface area contributed by atoms with E-state index in [-0.39, 0.29) is 11.6 Å². The summed E-state index contributed by atoms with van der Waals surface area (Å²) in [5.41, 5.74) is 2.00. The van der Waals surface area contributed by atoms with Crippen molar-refractivity contribution in [3.63, 3.8) is 0 Å². The first-order valence-electron chi connectivity index (χ1n) is 7.19. The number of aryl methyl sites for hydroxylation is 1. The second-order valence-corrected chi connectivity index (χ2v) is 5.03. The van der Waals surface area contributed by atoms with Gasteiger partial charge in [0.05, 0.1) is 12.8 Å². The monoisotopic (exact) mass is 291 g/mol. The van der Waals surface area contributed by atoms with Gasteiger partial charge >= 0.3 is 0 Å². The van der Waals surface area contributed by atoms with Gasteiger partial charge in [-0.25, -0.2) is 9.37 Å². The van der Waals surface area contributed by atoms with Crippen LogP contribution in [0.4, 0.5) is 4.39 Å². The van der Waals surface area contributed by atoms with Crippen molar-refractivity contribution in [1.29, 1.82) is 0 Å². The predicted molar refractivity (Wildman–Crippen MR) is 81.0 cm³/mol. The lowest BCUT2D eigenvalue weighted by atomic mass is 10.2. The number of nitrogens with one attached hydrogen (secondary N) is 1. The number of hydrogen-bond acceptors (Lipinski definition) is 3. The van der Waals surface area contributed by atoms with E-state index in [0.29, 0.717) is 6.54 Å². The Hall–Kier alpha value is -1.88. The summed E-state index contributed by atoms with van der Waals surface area (Å²) in [6.07, 6.45) is 2.97. The van der Waals surface area contributed by atoms with Gasteiger partial charge < -0.3 is 14.6 Å². The Bertz CT molecular complexity index is 595. The molecule has 0 saturated heterocycles. The van der Waals surface area contributed by atoms with E-state index in [4.69, 9.17) is 4.74 Å². The Morgan fingerprint density at radius 3 is 2.86 bits per heavy atom. The van der Waals surface area contributed by atoms with E-state index in [1.54, 1.807) is 6.07 Å². The van der Waals surface area contributed by atoms with E-state index in [1.807, 2.05) is 19.2 Å². The molecule has 5 heteroatoms. The maximum atomic E-state index is 13.8. The summed E-state index contributed by atoms with van der Waals surface area (Å²) in [4.78, 5) is 4.35. The average molecular weight is 291 g/mol. The molecular formula is C16H22FN3O. The van der Waals surface area contributed by atoms with E-state index < -0.39 is 0 Å². The fourth-order valence-electron chi connectivity index (χ4n) is 2.26. The third-order valence-corrected chi connectivity index (χ3v) is 3.43. The first-order chi connectivity index (χ1) is 10.2. The lowest BCUT2D eigenvalue weighted by Crippen LogP contribution is -2.17. The fraction of sp³-hybridized carbons (Fsp3) is 0.438. The average Bonchev–Trinajstić information content (AvgIpc) is 2.81. The van der Waals surface area contributed by atoms with Gasteiger partial charge in [-0.05, 0) is 37.6 Å². The predicted octanol–water partition coefficient (Wildman–Crippen LogP) is 2.89. The first kappa shape index (κ1) is 15.5. The zero-order valence-electron chi connectivity index (χ0n) is 12.8. The standard InChI is InChI=1S/C16H22FN3O/c1-4-7-18-9-14-10-19-12(2)20(14)11-13-5-6-16(21-3)15(17)8-13/h5-6,8,10,18H,4,7,9,11H2,1-3H3. The van der Waals surface area contributed by atoms with Crippen molar-refractivity contribution in [2.75, 3.05) is 13.7 Å². The summed E-state index contributed by atoms with van der Waals surface area (Å²) in [5.74, 6) is 0.865. The van der Waals surface area contributed by atoms with Gasteiger partial charge in [-0.3, -0.25) is 0 Å². The van der Waals surface area contributed by atoms with Crippen molar-refractivity contribution >= 4 is 0 Å². The van der Waals surface area contributed by atoms with Crippen LogP contribution in [0.15, 0.2) is 24.4 Å². The van der Waals surface area contributed by atoms with Crippen LogP contribution in [0.25, 0.3) is 0 Å². The van der Waals surface area contributed by atoms with Gasteiger partial charge in [0.1, 0.15) is 5.82 Å². The third kappa shape index (κ3) is 3.82. The van der Waals surface area contributed by atoms with E-state index >= 15 is 0 Å². The quantitative estimate of drug-likeness (QED) is 0.797. The van der Waals surface area contributed by atoms with Gasteiger partial charge in [-0.1, -0.05) is 13.0 Å². The molecule has 0 unspecified atom stereocenters. The normalized spacial score (nSPS) is 10.9. The van der Waals surface area contributed by atoms with E-state index in [1.165, 1.54) is 13.2 Å². The van der Waals surface area contributed by atoms with E-state index in [9.17, 15) is 4.39 Å². The second-order valence-electron chi connectivity index (χ2n) is 5.03. The number of halogens is 1. The molecule has 0 aliphatic rings. The lowest BCUT2D eigenvalue weighted by Gasteiger charge is -2.12. The molecule has 1 heterocycles. The number of imidazole rings is 1. The molecule has 0 spiro atoms. The first-order valence-corrected chi connectivity index (χ1v) is 7.19. The number of methoxy groups -OCH3 is 1. The maximum Gasteiger partial charge on any atom is 0.165 e. The maximum absolute atomic E-state index is 13.8. The smallest absolute Gasteiger partial charge is 0.165 e. The van der Waals surface area contributed by atoms with Crippen molar-refractivity contribution in [3.8, 4) is 5.75 Å². The molecule has 0 bridgehead atoms. The Morgan fingerprint density at radius 1 is 1.38 bits per heavy atom. The summed E-state index contributed by atoms with van der Waals surface area (Å²) in [6.45, 7) is 6.45. The molecule has 114 valence electrons. The molecule has 0 fully saturated rings. The van der Waals surface area contributed by atoms with Crippen molar-refractivity contribution in [2.24, 2.45) is 0 Å². The van der Waals surface area contributed by atoms with Crippen LogP contribution in [0.3, 0.4) is 0 Å². The number of hydrogen-bond donors (Lipinski definition) is 1. The molecular weight excluding hydrogens is 269 g/mol. The SMILES string of the molecule is CCCNCc1cnc(C)n1Cc1ccc(OC)c(F)c1. The van der Waals surface area contributed by atoms with Crippen LogP contribution in [-0.4, -0.2) is 23.2 Å². The Labute approximate surface area is 125 Å². The fourth-order valence-corrected chi connectivity index (χ4v) is 2.26. The molecule has 0 atom stereocenters. The second kappa shape index (κ2) is 7.22. The van der Waals surface area contributed by atoms with Crippen LogP contribution in [-0.2, 0) is 13.1 Å². The minimum absolute atomic E-state index is 0.269. The third-order valence-electron chi connectivity index (χ3n) is 3.43. The number of nitrogens with zero attached hydrogens (tertiary/aromatic N) is 2. The van der Waals surface area contributed by atoms with Gasteiger partial charge in [-0.15, -0.1) is 0 Å². The highest BCUT2D eigenvalue weighted by atomic mass is 19.1. The van der Waals surface area contributed by atoms with Gasteiger partial charge in [0, 0.05) is 19.3 Å². The van der Waals surface area contributed by atoms with Crippen LogP contribution in [0.1, 0.15) is 30.4 Å². The Kier molecular flexibility index (Phi) is 5.33. The van der Waals surface area contributed by atoms with Crippen molar-refractivity contribution < 1.29 is 9.13 Å². The number of ether oxygens (including phenoxy) is 1. The molecule has 0 amide bonds. The number of aromatic nitrogens is 2. The molecule has 21 heavy (non-hydrogen) atoms. The Balaban J connectivity index is 2.15. The molecule has 0 saturated carbocycles. The Morgan fingerprint density at radius 2 is 2.19 bits per heavy atom. The zero-order chi connectivity index (χ0) is 15.2. The molecule has 1 N–H and O–H groups in total. The van der Waals surface area contributed by atoms with E-state index in [0.717, 1.165) is 36.6 Å². The number of benzene rings is 1.